The number of nitrogens with zero attached hydrogens (tertiary/aromatic N) is 1. The molecule has 4 nitrogen and oxygen atoms in total. The van der Waals surface area contributed by atoms with Crippen molar-refractivity contribution in [1.29, 1.82) is 0 Å². The third-order valence-electron chi connectivity index (χ3n) is 4.04. The van der Waals surface area contributed by atoms with Gasteiger partial charge in [-0.1, -0.05) is 12.5 Å². The Balaban J connectivity index is 1.62. The molecule has 0 radical (unpaired) electrons. The third-order valence-corrected chi connectivity index (χ3v) is 6.24. The van der Waals surface area contributed by atoms with Crippen LogP contribution < -0.4 is 5.32 Å². The van der Waals surface area contributed by atoms with Crippen molar-refractivity contribution in [2.24, 2.45) is 5.92 Å². The highest BCUT2D eigenvalue weighted by Crippen LogP contribution is 2.31. The van der Waals surface area contributed by atoms with Crippen LogP contribution in [0.25, 0.3) is 9.88 Å². The number of hydrogen-bond donors (Lipinski definition) is 2. The second-order valence-corrected chi connectivity index (χ2v) is 7.75. The molecule has 1 saturated carbocycles. The van der Waals surface area contributed by atoms with Gasteiger partial charge < -0.3 is 10.4 Å². The van der Waals surface area contributed by atoms with E-state index in [4.69, 9.17) is 0 Å². The Morgan fingerprint density at radius 1 is 1.50 bits per heavy atom. The number of aromatic nitrogens is 1. The van der Waals surface area contributed by atoms with Crippen LogP contribution in [-0.4, -0.2) is 28.6 Å². The van der Waals surface area contributed by atoms with Gasteiger partial charge in [0.05, 0.1) is 16.7 Å². The maximum atomic E-state index is 12.4. The maximum absolute atomic E-state index is 12.4. The predicted molar refractivity (Wildman–Crippen MR) is 90.5 cm³/mol. The molecule has 118 valence electrons. The topological polar surface area (TPSA) is 62.2 Å². The average Bonchev–Trinajstić information content (AvgIpc) is 3.14. The minimum Gasteiger partial charge on any atom is -0.393 e. The minimum absolute atomic E-state index is 0.0436. The summed E-state index contributed by atoms with van der Waals surface area (Å²) in [6.07, 6.45) is 3.61. The standard InChI is InChI=1S/C16H20N2O2S2/c1-10-14(22-16(18-10)13-6-3-7-21-13)15(20)17-9-11-4-2-5-12(19)8-11/h3,6-7,11-12,19H,2,4-5,8-9H2,1H3,(H,17,20). The lowest BCUT2D eigenvalue weighted by atomic mass is 9.87. The lowest BCUT2D eigenvalue weighted by Crippen LogP contribution is -2.32. The Labute approximate surface area is 138 Å². The summed E-state index contributed by atoms with van der Waals surface area (Å²) in [6.45, 7) is 2.52. The molecule has 1 aliphatic rings. The van der Waals surface area contributed by atoms with Crippen LogP contribution in [0.3, 0.4) is 0 Å². The van der Waals surface area contributed by atoms with Crippen LogP contribution in [0.4, 0.5) is 0 Å². The number of thiophene rings is 1. The first-order valence-corrected chi connectivity index (χ1v) is 9.30. The number of aliphatic hydroxyl groups is 1. The van der Waals surface area contributed by atoms with E-state index in [9.17, 15) is 9.90 Å². The Morgan fingerprint density at radius 3 is 3.09 bits per heavy atom. The maximum Gasteiger partial charge on any atom is 0.263 e. The summed E-state index contributed by atoms with van der Waals surface area (Å²) in [4.78, 5) is 18.7. The van der Waals surface area contributed by atoms with Gasteiger partial charge in [0, 0.05) is 6.54 Å². The fourth-order valence-electron chi connectivity index (χ4n) is 2.88. The summed E-state index contributed by atoms with van der Waals surface area (Å²) in [7, 11) is 0. The molecule has 0 bridgehead atoms. The van der Waals surface area contributed by atoms with Gasteiger partial charge in [-0.05, 0) is 43.6 Å². The SMILES string of the molecule is Cc1nc(-c2cccs2)sc1C(=O)NCC1CCCC(O)C1. The molecule has 22 heavy (non-hydrogen) atoms. The third kappa shape index (κ3) is 3.56. The number of rotatable bonds is 4. The molecule has 1 aliphatic carbocycles. The Kier molecular flexibility index (Phi) is 4.90. The number of hydrogen-bond acceptors (Lipinski definition) is 5. The van der Waals surface area contributed by atoms with E-state index in [1.54, 1.807) is 11.3 Å². The smallest absolute Gasteiger partial charge is 0.263 e. The molecule has 0 saturated heterocycles. The second kappa shape index (κ2) is 6.89. The van der Waals surface area contributed by atoms with Gasteiger partial charge in [0.15, 0.2) is 0 Å². The van der Waals surface area contributed by atoms with Gasteiger partial charge in [-0.25, -0.2) is 4.98 Å². The number of aryl methyl sites for hydroxylation is 1. The van der Waals surface area contributed by atoms with E-state index in [1.165, 1.54) is 11.3 Å². The van der Waals surface area contributed by atoms with E-state index in [1.807, 2.05) is 24.4 Å². The molecule has 3 rings (SSSR count). The van der Waals surface area contributed by atoms with E-state index < -0.39 is 0 Å². The van der Waals surface area contributed by atoms with Crippen LogP contribution in [0.5, 0.6) is 0 Å². The van der Waals surface area contributed by atoms with Gasteiger partial charge in [0.1, 0.15) is 9.88 Å². The van der Waals surface area contributed by atoms with Gasteiger partial charge >= 0.3 is 0 Å². The van der Waals surface area contributed by atoms with Crippen molar-refractivity contribution in [2.75, 3.05) is 6.54 Å². The van der Waals surface area contributed by atoms with Crippen molar-refractivity contribution in [3.8, 4) is 9.88 Å². The zero-order valence-electron chi connectivity index (χ0n) is 12.5. The summed E-state index contributed by atoms with van der Waals surface area (Å²) < 4.78 is 0. The summed E-state index contributed by atoms with van der Waals surface area (Å²) >= 11 is 3.08. The Hall–Kier alpha value is -1.24. The molecule has 1 fully saturated rings. The molecular formula is C16H20N2O2S2. The number of amides is 1. The van der Waals surface area contributed by atoms with E-state index in [-0.39, 0.29) is 12.0 Å². The molecule has 0 aromatic carbocycles. The number of carbonyl (C=O) groups excluding carboxylic acids is 1. The zero-order valence-corrected chi connectivity index (χ0v) is 14.2. The fraction of sp³-hybridized carbons (Fsp3) is 0.500. The van der Waals surface area contributed by atoms with Crippen molar-refractivity contribution in [3.63, 3.8) is 0 Å². The first-order valence-electron chi connectivity index (χ1n) is 7.61. The summed E-state index contributed by atoms with van der Waals surface area (Å²) in [5, 5.41) is 15.6. The van der Waals surface area contributed by atoms with E-state index in [0.29, 0.717) is 17.3 Å². The molecule has 1 amide bonds. The molecule has 6 heteroatoms. The minimum atomic E-state index is -0.203. The summed E-state index contributed by atoms with van der Waals surface area (Å²) in [6, 6.07) is 4.01. The van der Waals surface area contributed by atoms with Crippen molar-refractivity contribution in [1.82, 2.24) is 10.3 Å². The van der Waals surface area contributed by atoms with Gasteiger partial charge in [0.25, 0.3) is 5.91 Å². The highest BCUT2D eigenvalue weighted by atomic mass is 32.1. The second-order valence-electron chi connectivity index (χ2n) is 5.81. The Morgan fingerprint density at radius 2 is 2.36 bits per heavy atom. The largest absolute Gasteiger partial charge is 0.393 e. The van der Waals surface area contributed by atoms with Crippen LogP contribution >= 0.6 is 22.7 Å². The van der Waals surface area contributed by atoms with E-state index >= 15 is 0 Å². The number of carbonyl (C=O) groups is 1. The highest BCUT2D eigenvalue weighted by Gasteiger charge is 2.22. The fourth-order valence-corrected chi connectivity index (χ4v) is 4.66. The Bertz CT molecular complexity index is 637. The van der Waals surface area contributed by atoms with Crippen molar-refractivity contribution >= 4 is 28.6 Å². The van der Waals surface area contributed by atoms with Gasteiger partial charge in [-0.2, -0.15) is 0 Å². The van der Waals surface area contributed by atoms with Crippen molar-refractivity contribution in [3.05, 3.63) is 28.1 Å². The van der Waals surface area contributed by atoms with Gasteiger partial charge in [0.2, 0.25) is 0 Å². The average molecular weight is 336 g/mol. The first-order chi connectivity index (χ1) is 10.6. The monoisotopic (exact) mass is 336 g/mol. The molecular weight excluding hydrogens is 316 g/mol. The van der Waals surface area contributed by atoms with Crippen molar-refractivity contribution < 1.29 is 9.90 Å². The summed E-state index contributed by atoms with van der Waals surface area (Å²) in [5.74, 6) is 0.343. The van der Waals surface area contributed by atoms with E-state index in [2.05, 4.69) is 10.3 Å². The lowest BCUT2D eigenvalue weighted by molar-refractivity contribution is 0.0876. The van der Waals surface area contributed by atoms with Gasteiger partial charge in [-0.15, -0.1) is 22.7 Å². The molecule has 0 aliphatic heterocycles. The number of aliphatic hydroxyl groups excluding tert-OH is 1. The number of nitrogens with one attached hydrogen (secondary N) is 1. The lowest BCUT2D eigenvalue weighted by Gasteiger charge is -2.25. The molecule has 2 aromatic rings. The zero-order chi connectivity index (χ0) is 15.5. The molecule has 2 heterocycles. The summed E-state index contributed by atoms with van der Waals surface area (Å²) in [5.41, 5.74) is 0.787. The van der Waals surface area contributed by atoms with E-state index in [0.717, 1.165) is 41.3 Å². The molecule has 2 unspecified atom stereocenters. The predicted octanol–water partition coefficient (Wildman–Crippen LogP) is 3.46. The van der Waals surface area contributed by atoms with Crippen LogP contribution in [-0.2, 0) is 0 Å². The number of thiazole rings is 1. The molecule has 0 spiro atoms. The molecule has 2 N–H and O–H groups in total. The molecule has 2 aromatic heterocycles. The van der Waals surface area contributed by atoms with Gasteiger partial charge in [-0.3, -0.25) is 4.79 Å². The first kappa shape index (κ1) is 15.6. The normalized spacial score (nSPS) is 21.7. The highest BCUT2D eigenvalue weighted by molar-refractivity contribution is 7.22. The quantitative estimate of drug-likeness (QED) is 0.899. The van der Waals surface area contributed by atoms with Crippen LogP contribution in [0.1, 0.15) is 41.0 Å². The molecule has 2 atom stereocenters. The van der Waals surface area contributed by atoms with Crippen molar-refractivity contribution in [2.45, 2.75) is 38.7 Å². The van der Waals surface area contributed by atoms with Crippen LogP contribution in [0.15, 0.2) is 17.5 Å². The van der Waals surface area contributed by atoms with Crippen LogP contribution in [0.2, 0.25) is 0 Å². The van der Waals surface area contributed by atoms with Crippen LogP contribution in [0, 0.1) is 12.8 Å².